The lowest BCUT2D eigenvalue weighted by molar-refractivity contribution is -0.148. The Morgan fingerprint density at radius 3 is 2.56 bits per heavy atom. The minimum atomic E-state index is -0.954. The number of nitrogens with zero attached hydrogens (tertiary/aromatic N) is 2. The molecule has 2 heterocycles. The molecule has 0 unspecified atom stereocenters. The zero-order valence-corrected chi connectivity index (χ0v) is 14.5. The summed E-state index contributed by atoms with van der Waals surface area (Å²) >= 11 is 0.818. The average Bonchev–Trinajstić information content (AvgIpc) is 3.19. The molecule has 25 heavy (non-hydrogen) atoms. The van der Waals surface area contributed by atoms with Gasteiger partial charge in [-0.25, -0.2) is 4.79 Å². The number of carbonyl (C=O) groups is 3. The fraction of sp³-hybridized carbons (Fsp3) is 0.167. The Kier molecular flexibility index (Phi) is 4.76. The SMILES string of the molecule is COC(=O)[C@@H](C)N1C(=O)S/C(=C\c2cccn2-c2ccccc2)C1=O. The molecule has 1 aliphatic heterocycles. The molecule has 2 aromatic rings. The van der Waals surface area contributed by atoms with Gasteiger partial charge in [-0.2, -0.15) is 0 Å². The number of hydrogen-bond donors (Lipinski definition) is 0. The minimum absolute atomic E-state index is 0.275. The first-order valence-electron chi connectivity index (χ1n) is 7.60. The summed E-state index contributed by atoms with van der Waals surface area (Å²) in [6, 6.07) is 12.4. The predicted molar refractivity (Wildman–Crippen MR) is 95.1 cm³/mol. The van der Waals surface area contributed by atoms with Crippen LogP contribution in [-0.2, 0) is 14.3 Å². The van der Waals surface area contributed by atoms with Gasteiger partial charge in [0.25, 0.3) is 11.1 Å². The van der Waals surface area contributed by atoms with Crippen LogP contribution < -0.4 is 0 Å². The second kappa shape index (κ2) is 6.98. The molecule has 0 saturated carbocycles. The van der Waals surface area contributed by atoms with Crippen molar-refractivity contribution in [2.45, 2.75) is 13.0 Å². The van der Waals surface area contributed by atoms with E-state index >= 15 is 0 Å². The fourth-order valence-electron chi connectivity index (χ4n) is 2.56. The number of methoxy groups -OCH3 is 1. The Bertz CT molecular complexity index is 857. The molecule has 128 valence electrons. The quantitative estimate of drug-likeness (QED) is 0.622. The first kappa shape index (κ1) is 17.0. The maximum Gasteiger partial charge on any atom is 0.328 e. The van der Waals surface area contributed by atoms with E-state index in [4.69, 9.17) is 0 Å². The summed E-state index contributed by atoms with van der Waals surface area (Å²) in [7, 11) is 1.22. The van der Waals surface area contributed by atoms with E-state index in [1.165, 1.54) is 14.0 Å². The van der Waals surface area contributed by atoms with E-state index in [-0.39, 0.29) is 4.91 Å². The van der Waals surface area contributed by atoms with E-state index in [1.54, 1.807) is 6.08 Å². The lowest BCUT2D eigenvalue weighted by Gasteiger charge is -2.18. The maximum atomic E-state index is 12.6. The largest absolute Gasteiger partial charge is 0.467 e. The summed E-state index contributed by atoms with van der Waals surface area (Å²) in [6.45, 7) is 1.47. The third kappa shape index (κ3) is 3.23. The lowest BCUT2D eigenvalue weighted by Crippen LogP contribution is -2.42. The third-order valence-corrected chi connectivity index (χ3v) is 4.73. The van der Waals surface area contributed by atoms with Crippen LogP contribution in [0.15, 0.2) is 53.6 Å². The molecule has 0 bridgehead atoms. The monoisotopic (exact) mass is 356 g/mol. The molecular formula is C18H16N2O4S. The number of carbonyl (C=O) groups excluding carboxylic acids is 3. The topological polar surface area (TPSA) is 68.6 Å². The summed E-state index contributed by atoms with van der Waals surface area (Å²) in [6.07, 6.45) is 3.53. The van der Waals surface area contributed by atoms with Crippen LogP contribution in [-0.4, -0.2) is 39.7 Å². The predicted octanol–water partition coefficient (Wildman–Crippen LogP) is 3.08. The molecule has 3 rings (SSSR count). The van der Waals surface area contributed by atoms with Gasteiger partial charge in [0.15, 0.2) is 0 Å². The number of benzene rings is 1. The molecule has 7 heteroatoms. The van der Waals surface area contributed by atoms with Gasteiger partial charge >= 0.3 is 5.97 Å². The molecule has 1 fully saturated rings. The number of imide groups is 1. The summed E-state index contributed by atoms with van der Waals surface area (Å²) in [4.78, 5) is 37.6. The maximum absolute atomic E-state index is 12.6. The molecule has 1 atom stereocenters. The highest BCUT2D eigenvalue weighted by molar-refractivity contribution is 8.18. The molecule has 1 saturated heterocycles. The standard InChI is InChI=1S/C18H16N2O4S/c1-12(17(22)24-2)20-16(21)15(25-18(20)23)11-14-9-6-10-19(14)13-7-4-3-5-8-13/h3-12H,1-2H3/b15-11-/t12-/m1/s1. The lowest BCUT2D eigenvalue weighted by atomic mass is 10.2. The molecule has 0 aliphatic carbocycles. The van der Waals surface area contributed by atoms with Crippen molar-refractivity contribution in [2.24, 2.45) is 0 Å². The number of ether oxygens (including phenoxy) is 1. The van der Waals surface area contributed by atoms with Crippen molar-refractivity contribution in [1.82, 2.24) is 9.47 Å². The van der Waals surface area contributed by atoms with Crippen LogP contribution in [0.2, 0.25) is 0 Å². The molecule has 1 aromatic heterocycles. The summed E-state index contributed by atoms with van der Waals surface area (Å²) in [5.41, 5.74) is 1.71. The molecule has 6 nitrogen and oxygen atoms in total. The number of amides is 2. The molecule has 1 aliphatic rings. The number of para-hydroxylation sites is 1. The van der Waals surface area contributed by atoms with Crippen molar-refractivity contribution >= 4 is 35.0 Å². The van der Waals surface area contributed by atoms with Crippen molar-refractivity contribution in [1.29, 1.82) is 0 Å². The van der Waals surface area contributed by atoms with Crippen LogP contribution in [0.3, 0.4) is 0 Å². The highest BCUT2D eigenvalue weighted by atomic mass is 32.2. The Hall–Kier alpha value is -2.80. The van der Waals surface area contributed by atoms with Crippen molar-refractivity contribution in [3.8, 4) is 5.69 Å². The van der Waals surface area contributed by atoms with E-state index in [9.17, 15) is 14.4 Å². The average molecular weight is 356 g/mol. The van der Waals surface area contributed by atoms with Crippen LogP contribution in [0.4, 0.5) is 4.79 Å². The van der Waals surface area contributed by atoms with Gasteiger partial charge in [-0.15, -0.1) is 0 Å². The first-order chi connectivity index (χ1) is 12.0. The number of esters is 1. The zero-order chi connectivity index (χ0) is 18.0. The number of aromatic nitrogens is 1. The highest BCUT2D eigenvalue weighted by Gasteiger charge is 2.41. The van der Waals surface area contributed by atoms with Gasteiger partial charge in [0, 0.05) is 17.6 Å². The molecule has 0 N–H and O–H groups in total. The first-order valence-corrected chi connectivity index (χ1v) is 8.42. The molecule has 2 amide bonds. The Morgan fingerprint density at radius 1 is 1.16 bits per heavy atom. The highest BCUT2D eigenvalue weighted by Crippen LogP contribution is 2.34. The summed E-state index contributed by atoms with van der Waals surface area (Å²) in [5.74, 6) is -1.12. The molecule has 0 spiro atoms. The van der Waals surface area contributed by atoms with Crippen molar-refractivity contribution in [3.05, 3.63) is 59.3 Å². The van der Waals surface area contributed by atoms with Crippen molar-refractivity contribution in [3.63, 3.8) is 0 Å². The number of thioether (sulfide) groups is 1. The number of rotatable bonds is 4. The summed E-state index contributed by atoms with van der Waals surface area (Å²) < 4.78 is 6.54. The second-order valence-electron chi connectivity index (χ2n) is 5.39. The van der Waals surface area contributed by atoms with Crippen LogP contribution >= 0.6 is 11.8 Å². The van der Waals surface area contributed by atoms with Gasteiger partial charge in [0.1, 0.15) is 6.04 Å². The zero-order valence-electron chi connectivity index (χ0n) is 13.7. The van der Waals surface area contributed by atoms with Crippen molar-refractivity contribution < 1.29 is 19.1 Å². The van der Waals surface area contributed by atoms with Crippen LogP contribution in [0, 0.1) is 0 Å². The van der Waals surface area contributed by atoms with Crippen LogP contribution in [0.1, 0.15) is 12.6 Å². The van der Waals surface area contributed by atoms with E-state index in [0.29, 0.717) is 0 Å². The minimum Gasteiger partial charge on any atom is -0.467 e. The van der Waals surface area contributed by atoms with Crippen molar-refractivity contribution in [2.75, 3.05) is 7.11 Å². The van der Waals surface area contributed by atoms with E-state index in [1.807, 2.05) is 53.2 Å². The normalized spacial score (nSPS) is 17.2. The van der Waals surface area contributed by atoms with Gasteiger partial charge < -0.3 is 9.30 Å². The van der Waals surface area contributed by atoms with E-state index in [2.05, 4.69) is 4.74 Å². The third-order valence-electron chi connectivity index (χ3n) is 3.85. The van der Waals surface area contributed by atoms with Gasteiger partial charge in [-0.05, 0) is 49.0 Å². The molecular weight excluding hydrogens is 340 g/mol. The molecule has 1 aromatic carbocycles. The van der Waals surface area contributed by atoms with Crippen LogP contribution in [0.25, 0.3) is 11.8 Å². The number of hydrogen-bond acceptors (Lipinski definition) is 5. The Morgan fingerprint density at radius 2 is 1.88 bits per heavy atom. The smallest absolute Gasteiger partial charge is 0.328 e. The molecule has 0 radical (unpaired) electrons. The fourth-order valence-corrected chi connectivity index (χ4v) is 3.45. The Balaban J connectivity index is 1.92. The van der Waals surface area contributed by atoms with Crippen LogP contribution in [0.5, 0.6) is 0 Å². The van der Waals surface area contributed by atoms with E-state index in [0.717, 1.165) is 28.0 Å². The van der Waals surface area contributed by atoms with Gasteiger partial charge in [-0.3, -0.25) is 14.5 Å². The van der Waals surface area contributed by atoms with Gasteiger partial charge in [0.2, 0.25) is 0 Å². The van der Waals surface area contributed by atoms with Gasteiger partial charge in [0.05, 0.1) is 12.0 Å². The van der Waals surface area contributed by atoms with E-state index < -0.39 is 23.2 Å². The Labute approximate surface area is 149 Å². The van der Waals surface area contributed by atoms with Gasteiger partial charge in [-0.1, -0.05) is 18.2 Å². The second-order valence-corrected chi connectivity index (χ2v) is 6.38. The summed E-state index contributed by atoms with van der Waals surface area (Å²) in [5, 5.41) is -0.480.